The first-order valence-electron chi connectivity index (χ1n) is 9.55. The number of piperidine rings is 1. The minimum Gasteiger partial charge on any atom is -0.495 e. The molecule has 0 aliphatic carbocycles. The molecule has 0 bridgehead atoms. The van der Waals surface area contributed by atoms with Gasteiger partial charge in [0.25, 0.3) is 0 Å². The van der Waals surface area contributed by atoms with E-state index in [0.29, 0.717) is 34.7 Å². The maximum Gasteiger partial charge on any atom is 0.238 e. The van der Waals surface area contributed by atoms with Gasteiger partial charge in [0.1, 0.15) is 11.5 Å². The second-order valence-corrected chi connectivity index (χ2v) is 7.79. The molecule has 1 atom stereocenters. The molecule has 7 nitrogen and oxygen atoms in total. The highest BCUT2D eigenvalue weighted by Gasteiger charge is 2.23. The third-order valence-corrected chi connectivity index (χ3v) is 5.10. The summed E-state index contributed by atoms with van der Waals surface area (Å²) in [5.74, 6) is 1.25. The van der Waals surface area contributed by atoms with Crippen LogP contribution in [0.1, 0.15) is 26.7 Å². The molecule has 0 saturated carbocycles. The van der Waals surface area contributed by atoms with E-state index in [-0.39, 0.29) is 24.3 Å². The Kier molecular flexibility index (Phi) is 8.38. The highest BCUT2D eigenvalue weighted by atomic mass is 35.5. The number of carbonyl (C=O) groups is 2. The monoisotopic (exact) mass is 411 g/mol. The number of methoxy groups -OCH3 is 2. The summed E-state index contributed by atoms with van der Waals surface area (Å²) >= 11 is 6.16. The number of anilines is 1. The molecule has 8 heteroatoms. The minimum absolute atomic E-state index is 0.0169. The second-order valence-electron chi connectivity index (χ2n) is 7.38. The molecule has 0 radical (unpaired) electrons. The first kappa shape index (κ1) is 22.3. The first-order chi connectivity index (χ1) is 13.3. The van der Waals surface area contributed by atoms with Gasteiger partial charge in [-0.15, -0.1) is 0 Å². The molecule has 1 saturated heterocycles. The Bertz CT molecular complexity index is 696. The lowest BCUT2D eigenvalue weighted by Gasteiger charge is -2.32. The molecule has 1 heterocycles. The average molecular weight is 412 g/mol. The zero-order valence-electron chi connectivity index (χ0n) is 17.0. The van der Waals surface area contributed by atoms with Crippen LogP contribution in [0.2, 0.25) is 5.02 Å². The van der Waals surface area contributed by atoms with Crippen LogP contribution < -0.4 is 20.1 Å². The van der Waals surface area contributed by atoms with Gasteiger partial charge in [0.15, 0.2) is 0 Å². The van der Waals surface area contributed by atoms with Crippen LogP contribution in [0.15, 0.2) is 12.1 Å². The Morgan fingerprint density at radius 2 is 1.96 bits per heavy atom. The Balaban J connectivity index is 1.90. The fourth-order valence-electron chi connectivity index (χ4n) is 3.26. The van der Waals surface area contributed by atoms with Crippen molar-refractivity contribution in [3.05, 3.63) is 17.2 Å². The van der Waals surface area contributed by atoms with Gasteiger partial charge in [0.05, 0.1) is 31.5 Å². The van der Waals surface area contributed by atoms with E-state index in [0.717, 1.165) is 25.9 Å². The van der Waals surface area contributed by atoms with Crippen molar-refractivity contribution in [2.45, 2.75) is 26.7 Å². The van der Waals surface area contributed by atoms with Crippen LogP contribution in [0, 0.1) is 11.8 Å². The number of ether oxygens (including phenoxy) is 2. The lowest BCUT2D eigenvalue weighted by Crippen LogP contribution is -2.44. The summed E-state index contributed by atoms with van der Waals surface area (Å²) in [6.45, 7) is 6.34. The van der Waals surface area contributed by atoms with Crippen LogP contribution in [0.5, 0.6) is 11.5 Å². The first-order valence-corrected chi connectivity index (χ1v) is 9.93. The SMILES string of the molecule is COc1cc(OC)c(NC(=O)CN2CCCC(CNC(=O)C(C)C)C2)cc1Cl. The van der Waals surface area contributed by atoms with E-state index in [4.69, 9.17) is 21.1 Å². The van der Waals surface area contributed by atoms with Crippen molar-refractivity contribution in [3.63, 3.8) is 0 Å². The second kappa shape index (κ2) is 10.5. The third-order valence-electron chi connectivity index (χ3n) is 4.81. The van der Waals surface area contributed by atoms with Gasteiger partial charge in [0, 0.05) is 25.1 Å². The van der Waals surface area contributed by atoms with E-state index in [1.807, 2.05) is 13.8 Å². The molecule has 1 aliphatic rings. The zero-order chi connectivity index (χ0) is 20.7. The number of carbonyl (C=O) groups excluding carboxylic acids is 2. The van der Waals surface area contributed by atoms with Crippen molar-refractivity contribution in [2.75, 3.05) is 45.7 Å². The summed E-state index contributed by atoms with van der Waals surface area (Å²) in [6.07, 6.45) is 2.06. The lowest BCUT2D eigenvalue weighted by molar-refractivity contribution is -0.124. The number of amides is 2. The van der Waals surface area contributed by atoms with Gasteiger partial charge >= 0.3 is 0 Å². The zero-order valence-corrected chi connectivity index (χ0v) is 17.8. The highest BCUT2D eigenvalue weighted by molar-refractivity contribution is 6.32. The molecular weight excluding hydrogens is 382 g/mol. The van der Waals surface area contributed by atoms with Crippen molar-refractivity contribution in [2.24, 2.45) is 11.8 Å². The van der Waals surface area contributed by atoms with Gasteiger partial charge in [-0.05, 0) is 31.4 Å². The average Bonchev–Trinajstić information content (AvgIpc) is 2.66. The lowest BCUT2D eigenvalue weighted by atomic mass is 9.97. The van der Waals surface area contributed by atoms with E-state index in [1.54, 1.807) is 12.1 Å². The largest absolute Gasteiger partial charge is 0.495 e. The summed E-state index contributed by atoms with van der Waals surface area (Å²) in [5, 5.41) is 6.25. The van der Waals surface area contributed by atoms with Crippen LogP contribution in [0.3, 0.4) is 0 Å². The molecule has 1 unspecified atom stereocenters. The molecule has 0 aromatic heterocycles. The molecule has 1 aromatic rings. The normalized spacial score (nSPS) is 17.3. The Hall–Kier alpha value is -1.99. The van der Waals surface area contributed by atoms with Crippen molar-refractivity contribution >= 4 is 29.1 Å². The Morgan fingerprint density at radius 1 is 1.25 bits per heavy atom. The van der Waals surface area contributed by atoms with Crippen LogP contribution in [-0.4, -0.2) is 57.1 Å². The molecule has 28 heavy (non-hydrogen) atoms. The molecule has 2 rings (SSSR count). The number of hydrogen-bond acceptors (Lipinski definition) is 5. The number of hydrogen-bond donors (Lipinski definition) is 2. The molecule has 1 aromatic carbocycles. The van der Waals surface area contributed by atoms with E-state index in [2.05, 4.69) is 15.5 Å². The number of nitrogens with zero attached hydrogens (tertiary/aromatic N) is 1. The quantitative estimate of drug-likeness (QED) is 0.687. The van der Waals surface area contributed by atoms with Crippen LogP contribution in [0.4, 0.5) is 5.69 Å². The van der Waals surface area contributed by atoms with Gasteiger partial charge < -0.3 is 20.1 Å². The van der Waals surface area contributed by atoms with Crippen LogP contribution in [0.25, 0.3) is 0 Å². The Labute approximate surface area is 171 Å². The number of likely N-dealkylation sites (tertiary alicyclic amines) is 1. The molecule has 156 valence electrons. The summed E-state index contributed by atoms with van der Waals surface area (Å²) < 4.78 is 10.5. The van der Waals surface area contributed by atoms with Crippen molar-refractivity contribution in [1.82, 2.24) is 10.2 Å². The topological polar surface area (TPSA) is 79.9 Å². The summed E-state index contributed by atoms with van der Waals surface area (Å²) in [4.78, 5) is 26.4. The van der Waals surface area contributed by atoms with E-state index >= 15 is 0 Å². The number of benzene rings is 1. The predicted molar refractivity (Wildman–Crippen MR) is 110 cm³/mol. The van der Waals surface area contributed by atoms with Gasteiger partial charge in [-0.25, -0.2) is 0 Å². The molecular formula is C20H30ClN3O4. The smallest absolute Gasteiger partial charge is 0.238 e. The number of halogens is 1. The molecule has 2 N–H and O–H groups in total. The van der Waals surface area contributed by atoms with Gasteiger partial charge in [0.2, 0.25) is 11.8 Å². The van der Waals surface area contributed by atoms with Crippen LogP contribution >= 0.6 is 11.6 Å². The van der Waals surface area contributed by atoms with E-state index in [1.165, 1.54) is 14.2 Å². The number of rotatable bonds is 8. The van der Waals surface area contributed by atoms with Gasteiger partial charge in [-0.3, -0.25) is 14.5 Å². The van der Waals surface area contributed by atoms with Gasteiger partial charge in [-0.1, -0.05) is 25.4 Å². The summed E-state index contributed by atoms with van der Waals surface area (Å²) in [6, 6.07) is 3.27. The maximum absolute atomic E-state index is 12.5. The molecule has 1 fully saturated rings. The fourth-order valence-corrected chi connectivity index (χ4v) is 3.50. The predicted octanol–water partition coefficient (Wildman–Crippen LogP) is 2.78. The molecule has 2 amide bonds. The summed E-state index contributed by atoms with van der Waals surface area (Å²) in [5.41, 5.74) is 0.510. The van der Waals surface area contributed by atoms with E-state index in [9.17, 15) is 9.59 Å². The maximum atomic E-state index is 12.5. The van der Waals surface area contributed by atoms with Crippen molar-refractivity contribution < 1.29 is 19.1 Å². The van der Waals surface area contributed by atoms with Crippen molar-refractivity contribution in [1.29, 1.82) is 0 Å². The fraction of sp³-hybridized carbons (Fsp3) is 0.600. The molecule has 0 spiro atoms. The third kappa shape index (κ3) is 6.27. The standard InChI is InChI=1S/C20H30ClN3O4/c1-13(2)20(26)22-10-14-6-5-7-24(11-14)12-19(25)23-16-8-15(21)17(27-3)9-18(16)28-4/h8-9,13-14H,5-7,10-12H2,1-4H3,(H,22,26)(H,23,25). The van der Waals surface area contributed by atoms with Crippen LogP contribution in [-0.2, 0) is 9.59 Å². The number of nitrogens with one attached hydrogen (secondary N) is 2. The highest BCUT2D eigenvalue weighted by Crippen LogP contribution is 2.35. The van der Waals surface area contributed by atoms with E-state index < -0.39 is 0 Å². The summed E-state index contributed by atoms with van der Waals surface area (Å²) in [7, 11) is 3.05. The minimum atomic E-state index is -0.133. The Morgan fingerprint density at radius 3 is 2.61 bits per heavy atom. The van der Waals surface area contributed by atoms with Crippen molar-refractivity contribution in [3.8, 4) is 11.5 Å². The molecule has 1 aliphatic heterocycles. The van der Waals surface area contributed by atoms with Gasteiger partial charge in [-0.2, -0.15) is 0 Å².